The Labute approximate surface area is 182 Å². The van der Waals surface area contributed by atoms with E-state index in [9.17, 15) is 20.2 Å². The molecule has 3 N–H and O–H groups in total. The van der Waals surface area contributed by atoms with Crippen LogP contribution in [0.25, 0.3) is 0 Å². The zero-order valence-electron chi connectivity index (χ0n) is 19.4. The van der Waals surface area contributed by atoms with E-state index in [1.807, 2.05) is 0 Å². The Morgan fingerprint density at radius 1 is 1.03 bits per heavy atom. The first kappa shape index (κ1) is 22.5. The third-order valence-electron chi connectivity index (χ3n) is 10.6. The van der Waals surface area contributed by atoms with Crippen molar-refractivity contribution < 1.29 is 20.2 Å². The molecule has 4 saturated carbocycles. The number of nitrogens with zero attached hydrogens (tertiary/aromatic N) is 1. The van der Waals surface area contributed by atoms with Crippen molar-refractivity contribution in [3.63, 3.8) is 0 Å². The Morgan fingerprint density at radius 3 is 2.40 bits per heavy atom. The van der Waals surface area contributed by atoms with E-state index in [1.165, 1.54) is 32.7 Å². The first-order valence-electron chi connectivity index (χ1n) is 12.4. The number of carbonyl (C=O) groups is 1. The van der Waals surface area contributed by atoms with Gasteiger partial charge in [-0.05, 0) is 104 Å². The minimum absolute atomic E-state index is 0.182. The summed E-state index contributed by atoms with van der Waals surface area (Å²) in [6.07, 6.45) is 9.37. The largest absolute Gasteiger partial charge is 0.393 e. The van der Waals surface area contributed by atoms with Crippen molar-refractivity contribution in [2.45, 2.75) is 97.2 Å². The zero-order chi connectivity index (χ0) is 21.8. The summed E-state index contributed by atoms with van der Waals surface area (Å²) < 4.78 is 0. The number of aliphatic hydroxyl groups is 2. The van der Waals surface area contributed by atoms with Crippen LogP contribution in [0.5, 0.6) is 0 Å². The summed E-state index contributed by atoms with van der Waals surface area (Å²) in [6, 6.07) is 0. The van der Waals surface area contributed by atoms with Gasteiger partial charge in [-0.1, -0.05) is 20.8 Å². The Kier molecular flexibility index (Phi) is 6.04. The average Bonchev–Trinajstić information content (AvgIpc) is 3.04. The van der Waals surface area contributed by atoms with Gasteiger partial charge >= 0.3 is 0 Å². The molecule has 4 aliphatic rings. The molecule has 0 aliphatic heterocycles. The summed E-state index contributed by atoms with van der Waals surface area (Å²) in [7, 11) is 1.41. The maximum absolute atomic E-state index is 11.9. The van der Waals surface area contributed by atoms with Crippen LogP contribution in [0.1, 0.15) is 85.0 Å². The fraction of sp³-hybridized carbons (Fsp3) is 0.960. The molecule has 1 unspecified atom stereocenters. The normalized spacial score (nSPS) is 49.0. The molecular weight excluding hydrogens is 378 g/mol. The molecule has 4 aliphatic carbocycles. The highest BCUT2D eigenvalue weighted by molar-refractivity contribution is 5.74. The van der Waals surface area contributed by atoms with Gasteiger partial charge in [0.2, 0.25) is 5.91 Å². The van der Waals surface area contributed by atoms with Crippen molar-refractivity contribution in [3.05, 3.63) is 0 Å². The minimum Gasteiger partial charge on any atom is -0.393 e. The highest BCUT2D eigenvalue weighted by atomic mass is 16.5. The lowest BCUT2D eigenvalue weighted by Crippen LogP contribution is -2.58. The number of hydrogen-bond acceptors (Lipinski definition) is 4. The van der Waals surface area contributed by atoms with Crippen molar-refractivity contribution in [2.75, 3.05) is 7.05 Å². The van der Waals surface area contributed by atoms with E-state index in [2.05, 4.69) is 20.8 Å². The Bertz CT molecular complexity index is 653. The summed E-state index contributed by atoms with van der Waals surface area (Å²) in [5.41, 5.74) is 0.513. The molecule has 10 atom stereocenters. The van der Waals surface area contributed by atoms with Crippen LogP contribution in [0.3, 0.4) is 0 Å². The summed E-state index contributed by atoms with van der Waals surface area (Å²) in [5.74, 6) is 2.84. The fourth-order valence-corrected chi connectivity index (χ4v) is 8.89. The molecule has 4 fully saturated rings. The highest BCUT2D eigenvalue weighted by Gasteiger charge is 2.62. The van der Waals surface area contributed by atoms with Crippen LogP contribution < -0.4 is 0 Å². The molecule has 5 heteroatoms. The lowest BCUT2D eigenvalue weighted by atomic mass is 9.43. The SMILES string of the molecule is C[C@H](CCC(=O)N(C)O)[C@H]1CC[C@H]2[C@@H]3[C@H](O)CC4C[C@H](O)CC[C@]4(C)[C@H]3CC[C@]12C. The predicted molar refractivity (Wildman–Crippen MR) is 116 cm³/mol. The lowest BCUT2D eigenvalue weighted by molar-refractivity contribution is -0.174. The van der Waals surface area contributed by atoms with Gasteiger partial charge < -0.3 is 10.2 Å². The number of hydrogen-bond donors (Lipinski definition) is 3. The number of amides is 1. The standard InChI is InChI=1S/C25H43NO4/c1-15(5-8-22(29)26(4)30)18-6-7-19-23-20(10-12-25(18,19)3)24(2)11-9-17(27)13-16(24)14-21(23)28/h15-21,23,27-28,30H,5-14H2,1-4H3/t15-,16?,17-,18-,19+,20+,21-,23+,24+,25-/m1/s1. The van der Waals surface area contributed by atoms with E-state index in [0.29, 0.717) is 47.0 Å². The van der Waals surface area contributed by atoms with Gasteiger partial charge in [0.05, 0.1) is 12.2 Å². The zero-order valence-corrected chi connectivity index (χ0v) is 19.4. The molecule has 0 aromatic heterocycles. The van der Waals surface area contributed by atoms with Gasteiger partial charge in [-0.15, -0.1) is 0 Å². The second-order valence-corrected chi connectivity index (χ2v) is 11.9. The molecule has 172 valence electrons. The topological polar surface area (TPSA) is 81.0 Å². The molecular formula is C25H43NO4. The molecule has 0 aromatic carbocycles. The van der Waals surface area contributed by atoms with Gasteiger partial charge in [0.1, 0.15) is 0 Å². The number of rotatable bonds is 4. The second-order valence-electron chi connectivity index (χ2n) is 11.9. The monoisotopic (exact) mass is 421 g/mol. The molecule has 0 saturated heterocycles. The van der Waals surface area contributed by atoms with E-state index < -0.39 is 0 Å². The average molecular weight is 422 g/mol. The van der Waals surface area contributed by atoms with Crippen molar-refractivity contribution in [1.82, 2.24) is 5.06 Å². The van der Waals surface area contributed by atoms with Crippen molar-refractivity contribution in [1.29, 1.82) is 0 Å². The van der Waals surface area contributed by atoms with E-state index in [1.54, 1.807) is 0 Å². The van der Waals surface area contributed by atoms with Gasteiger partial charge in [0, 0.05) is 13.5 Å². The lowest BCUT2D eigenvalue weighted by Gasteiger charge is -2.62. The molecule has 5 nitrogen and oxygen atoms in total. The molecule has 0 bridgehead atoms. The maximum atomic E-state index is 11.9. The van der Waals surface area contributed by atoms with Gasteiger partial charge in [-0.25, -0.2) is 5.06 Å². The van der Waals surface area contributed by atoms with Gasteiger partial charge in [-0.3, -0.25) is 10.0 Å². The van der Waals surface area contributed by atoms with Crippen LogP contribution >= 0.6 is 0 Å². The molecule has 0 spiro atoms. The number of hydroxylamine groups is 2. The maximum Gasteiger partial charge on any atom is 0.245 e. The third-order valence-corrected chi connectivity index (χ3v) is 10.6. The summed E-state index contributed by atoms with van der Waals surface area (Å²) in [4.78, 5) is 11.9. The number of carbonyl (C=O) groups excluding carboxylic acids is 1. The van der Waals surface area contributed by atoms with Crippen LogP contribution in [0.2, 0.25) is 0 Å². The van der Waals surface area contributed by atoms with Gasteiger partial charge in [-0.2, -0.15) is 0 Å². The summed E-state index contributed by atoms with van der Waals surface area (Å²) in [5, 5.41) is 31.6. The smallest absolute Gasteiger partial charge is 0.245 e. The van der Waals surface area contributed by atoms with E-state index in [0.717, 1.165) is 32.1 Å². The van der Waals surface area contributed by atoms with E-state index in [4.69, 9.17) is 0 Å². The van der Waals surface area contributed by atoms with Crippen LogP contribution in [0, 0.1) is 46.3 Å². The highest BCUT2D eigenvalue weighted by Crippen LogP contribution is 2.68. The predicted octanol–water partition coefficient (Wildman–Crippen LogP) is 4.24. The second kappa shape index (κ2) is 8.04. The van der Waals surface area contributed by atoms with E-state index >= 15 is 0 Å². The quantitative estimate of drug-likeness (QED) is 0.468. The van der Waals surface area contributed by atoms with Crippen LogP contribution in [0.4, 0.5) is 0 Å². The Hall–Kier alpha value is -0.650. The molecule has 1 amide bonds. The Morgan fingerprint density at radius 2 is 1.70 bits per heavy atom. The summed E-state index contributed by atoms with van der Waals surface area (Å²) >= 11 is 0. The van der Waals surface area contributed by atoms with Crippen LogP contribution in [-0.2, 0) is 4.79 Å². The molecule has 4 rings (SSSR count). The first-order valence-corrected chi connectivity index (χ1v) is 12.4. The van der Waals surface area contributed by atoms with E-state index in [-0.39, 0.29) is 28.9 Å². The van der Waals surface area contributed by atoms with Crippen molar-refractivity contribution in [3.8, 4) is 0 Å². The molecule has 30 heavy (non-hydrogen) atoms. The van der Waals surface area contributed by atoms with Gasteiger partial charge in [0.25, 0.3) is 0 Å². The Balaban J connectivity index is 1.51. The number of fused-ring (bicyclic) bond motifs is 5. The van der Waals surface area contributed by atoms with Crippen molar-refractivity contribution >= 4 is 5.91 Å². The summed E-state index contributed by atoms with van der Waals surface area (Å²) in [6.45, 7) is 7.21. The number of aliphatic hydroxyl groups excluding tert-OH is 2. The van der Waals surface area contributed by atoms with Gasteiger partial charge in [0.15, 0.2) is 0 Å². The third kappa shape index (κ3) is 3.53. The first-order chi connectivity index (χ1) is 14.1. The van der Waals surface area contributed by atoms with Crippen LogP contribution in [0.15, 0.2) is 0 Å². The molecule has 0 radical (unpaired) electrons. The van der Waals surface area contributed by atoms with Crippen molar-refractivity contribution in [2.24, 2.45) is 46.3 Å². The molecule has 0 heterocycles. The fourth-order valence-electron chi connectivity index (χ4n) is 8.89. The minimum atomic E-state index is -0.235. The molecule has 0 aromatic rings. The van der Waals surface area contributed by atoms with Crippen LogP contribution in [-0.4, -0.2) is 45.6 Å².